The molecule has 3 aliphatic carbocycles. The van der Waals surface area contributed by atoms with Crippen molar-refractivity contribution in [3.63, 3.8) is 0 Å². The van der Waals surface area contributed by atoms with Crippen LogP contribution in [-0.2, 0) is 9.59 Å². The van der Waals surface area contributed by atoms with E-state index in [9.17, 15) is 9.59 Å². The van der Waals surface area contributed by atoms with Gasteiger partial charge in [-0.2, -0.15) is 0 Å². The van der Waals surface area contributed by atoms with Gasteiger partial charge in [0.25, 0.3) is 0 Å². The van der Waals surface area contributed by atoms with Gasteiger partial charge in [0.2, 0.25) is 11.8 Å². The molecule has 1 heterocycles. The second-order valence-electron chi connectivity index (χ2n) is 8.44. The van der Waals surface area contributed by atoms with Gasteiger partial charge in [-0.25, -0.2) is 4.90 Å². The van der Waals surface area contributed by atoms with Crippen LogP contribution in [0.4, 0.5) is 5.69 Å². The van der Waals surface area contributed by atoms with Gasteiger partial charge in [-0.05, 0) is 46.9 Å². The Bertz CT molecular complexity index is 1190. The van der Waals surface area contributed by atoms with Crippen molar-refractivity contribution in [3.05, 3.63) is 99.0 Å². The predicted octanol–water partition coefficient (Wildman–Crippen LogP) is 5.92. The second kappa shape index (κ2) is 6.19. The Morgan fingerprint density at radius 2 is 1.33 bits per heavy atom. The lowest BCUT2D eigenvalue weighted by atomic mass is 9.51. The molecule has 7 rings (SSSR count). The van der Waals surface area contributed by atoms with Crippen molar-refractivity contribution >= 4 is 40.7 Å². The zero-order valence-corrected chi connectivity index (χ0v) is 17.5. The van der Waals surface area contributed by atoms with Crippen molar-refractivity contribution in [3.8, 4) is 0 Å². The molecule has 30 heavy (non-hydrogen) atoms. The molecule has 2 amide bonds. The number of rotatable bonds is 1. The van der Waals surface area contributed by atoms with Crippen molar-refractivity contribution in [2.24, 2.45) is 5.41 Å². The van der Waals surface area contributed by atoms with Crippen molar-refractivity contribution in [1.82, 2.24) is 0 Å². The molecular weight excluding hydrogens is 417 g/mol. The number of amides is 2. The van der Waals surface area contributed by atoms with Crippen LogP contribution in [0.3, 0.4) is 0 Å². The predicted molar refractivity (Wildman–Crippen MR) is 117 cm³/mol. The highest BCUT2D eigenvalue weighted by Crippen LogP contribution is 2.64. The minimum absolute atomic E-state index is 0.113. The van der Waals surface area contributed by atoms with E-state index in [0.29, 0.717) is 22.2 Å². The number of benzene rings is 3. The van der Waals surface area contributed by atoms with Crippen LogP contribution in [0.5, 0.6) is 0 Å². The number of imide groups is 1. The molecule has 3 nitrogen and oxygen atoms in total. The molecule has 148 valence electrons. The number of hydrogen-bond donors (Lipinski definition) is 0. The van der Waals surface area contributed by atoms with Gasteiger partial charge in [-0.15, -0.1) is 0 Å². The highest BCUT2D eigenvalue weighted by Gasteiger charge is 2.62. The largest absolute Gasteiger partial charge is 0.274 e. The summed E-state index contributed by atoms with van der Waals surface area (Å²) in [6.07, 6.45) is 0.834. The first kappa shape index (κ1) is 18.2. The van der Waals surface area contributed by atoms with Crippen LogP contribution in [0, 0.1) is 5.41 Å². The Balaban J connectivity index is 1.55. The van der Waals surface area contributed by atoms with E-state index in [1.165, 1.54) is 27.2 Å². The maximum atomic E-state index is 13.9. The summed E-state index contributed by atoms with van der Waals surface area (Å²) < 4.78 is 0. The zero-order valence-electron chi connectivity index (χ0n) is 15.9. The maximum Gasteiger partial charge on any atom is 0.241 e. The topological polar surface area (TPSA) is 37.4 Å². The Morgan fingerprint density at radius 1 is 0.800 bits per heavy atom. The Kier molecular flexibility index (Phi) is 3.75. The van der Waals surface area contributed by atoms with Crippen LogP contribution in [0.25, 0.3) is 0 Å². The molecule has 1 spiro atoms. The molecule has 1 atom stereocenters. The van der Waals surface area contributed by atoms with E-state index in [1.54, 1.807) is 18.2 Å². The Morgan fingerprint density at radius 3 is 1.90 bits per heavy atom. The number of halogens is 2. The normalized spacial score (nSPS) is 26.3. The van der Waals surface area contributed by atoms with Crippen molar-refractivity contribution in [2.45, 2.75) is 24.7 Å². The van der Waals surface area contributed by atoms with Gasteiger partial charge >= 0.3 is 0 Å². The van der Waals surface area contributed by atoms with Gasteiger partial charge in [-0.3, -0.25) is 9.59 Å². The van der Waals surface area contributed by atoms with Gasteiger partial charge < -0.3 is 0 Å². The molecule has 1 unspecified atom stereocenters. The highest BCUT2D eigenvalue weighted by atomic mass is 35.5. The van der Waals surface area contributed by atoms with E-state index < -0.39 is 5.41 Å². The van der Waals surface area contributed by atoms with E-state index in [0.717, 1.165) is 0 Å². The summed E-state index contributed by atoms with van der Waals surface area (Å²) in [4.78, 5) is 28.4. The van der Waals surface area contributed by atoms with Crippen LogP contribution in [0.1, 0.15) is 46.9 Å². The number of carbonyl (C=O) groups excluding carboxylic acids is 2. The molecular formula is C25H17Cl2NO2. The highest BCUT2D eigenvalue weighted by molar-refractivity contribution is 6.35. The Labute approximate surface area is 184 Å². The van der Waals surface area contributed by atoms with E-state index in [2.05, 4.69) is 36.4 Å². The average Bonchev–Trinajstić information content (AvgIpc) is 2.97. The first-order valence-electron chi connectivity index (χ1n) is 10.0. The van der Waals surface area contributed by atoms with Gasteiger partial charge in [-0.1, -0.05) is 71.7 Å². The monoisotopic (exact) mass is 433 g/mol. The molecule has 3 aromatic rings. The Hall–Kier alpha value is -2.62. The fraction of sp³-hybridized carbons (Fsp3) is 0.200. The summed E-state index contributed by atoms with van der Waals surface area (Å²) in [6, 6.07) is 21.5. The van der Waals surface area contributed by atoms with Crippen LogP contribution < -0.4 is 4.90 Å². The van der Waals surface area contributed by atoms with E-state index >= 15 is 0 Å². The molecule has 0 N–H and O–H groups in total. The quantitative estimate of drug-likeness (QED) is 0.446. The summed E-state index contributed by atoms with van der Waals surface area (Å²) >= 11 is 12.3. The van der Waals surface area contributed by atoms with Gasteiger partial charge in [0, 0.05) is 28.3 Å². The molecule has 5 heteroatoms. The lowest BCUT2D eigenvalue weighted by Crippen LogP contribution is -2.47. The molecule has 2 bridgehead atoms. The minimum atomic E-state index is -0.779. The fourth-order valence-corrected chi connectivity index (χ4v) is 6.40. The lowest BCUT2D eigenvalue weighted by molar-refractivity contribution is -0.127. The number of nitrogens with zero attached hydrogens (tertiary/aromatic N) is 1. The fourth-order valence-electron chi connectivity index (χ4n) is 5.89. The van der Waals surface area contributed by atoms with Crippen LogP contribution in [0.2, 0.25) is 10.0 Å². The minimum Gasteiger partial charge on any atom is -0.274 e. The van der Waals surface area contributed by atoms with Crippen LogP contribution >= 0.6 is 23.2 Å². The molecule has 1 fully saturated rings. The second-order valence-corrected chi connectivity index (χ2v) is 9.32. The van der Waals surface area contributed by atoms with Crippen molar-refractivity contribution in [2.75, 3.05) is 4.90 Å². The summed E-state index contributed by atoms with van der Waals surface area (Å²) in [7, 11) is 0. The maximum absolute atomic E-state index is 13.9. The smallest absolute Gasteiger partial charge is 0.241 e. The van der Waals surface area contributed by atoms with Crippen molar-refractivity contribution in [1.29, 1.82) is 0 Å². The lowest BCUT2D eigenvalue weighted by Gasteiger charge is -2.50. The van der Waals surface area contributed by atoms with Gasteiger partial charge in [0.1, 0.15) is 0 Å². The summed E-state index contributed by atoms with van der Waals surface area (Å²) in [5, 5.41) is 0.805. The summed E-state index contributed by atoms with van der Waals surface area (Å²) in [5.74, 6) is -0.362. The summed E-state index contributed by atoms with van der Waals surface area (Å²) in [6.45, 7) is 0. The number of carbonyl (C=O) groups is 2. The van der Waals surface area contributed by atoms with Crippen LogP contribution in [0.15, 0.2) is 66.7 Å². The van der Waals surface area contributed by atoms with Gasteiger partial charge in [0.05, 0.1) is 11.1 Å². The van der Waals surface area contributed by atoms with E-state index in [-0.39, 0.29) is 30.1 Å². The molecule has 4 aliphatic rings. The first-order chi connectivity index (χ1) is 14.5. The summed E-state index contributed by atoms with van der Waals surface area (Å²) in [5.41, 5.74) is 4.55. The van der Waals surface area contributed by atoms with E-state index in [4.69, 9.17) is 23.2 Å². The molecule has 1 aliphatic heterocycles. The van der Waals surface area contributed by atoms with Gasteiger partial charge in [0.15, 0.2) is 0 Å². The SMILES string of the molecule is O=C1CC2(CC3c4ccccc4C2c2ccccc23)C(=O)N1c1cc(Cl)cc(Cl)c1. The molecule has 0 radical (unpaired) electrons. The third-order valence-corrected chi connectivity index (χ3v) is 7.37. The molecule has 0 aromatic heterocycles. The van der Waals surface area contributed by atoms with Crippen LogP contribution in [-0.4, -0.2) is 11.8 Å². The van der Waals surface area contributed by atoms with Crippen molar-refractivity contribution < 1.29 is 9.59 Å². The number of anilines is 1. The zero-order chi connectivity index (χ0) is 20.6. The third kappa shape index (κ3) is 2.28. The van der Waals surface area contributed by atoms with E-state index in [1.807, 2.05) is 12.1 Å². The molecule has 3 aromatic carbocycles. The standard InChI is InChI=1S/C25H17Cl2NO2/c26-14-9-15(27)11-16(10-14)28-22(29)13-25(24(28)30)12-21-17-5-1-3-7-19(17)23(25)20-8-4-2-6-18(20)21/h1-11,21,23H,12-13H2. The average molecular weight is 434 g/mol. The molecule has 0 saturated carbocycles. The first-order valence-corrected chi connectivity index (χ1v) is 10.8. The molecule has 1 saturated heterocycles. The number of hydrogen-bond acceptors (Lipinski definition) is 2. The third-order valence-electron chi connectivity index (χ3n) is 6.94.